The van der Waals surface area contributed by atoms with Crippen LogP contribution in [0.3, 0.4) is 0 Å². The van der Waals surface area contributed by atoms with Crippen molar-refractivity contribution in [2.24, 2.45) is 11.8 Å². The van der Waals surface area contributed by atoms with E-state index in [0.717, 1.165) is 4.90 Å². The number of amides is 2. The minimum atomic E-state index is -0.539. The van der Waals surface area contributed by atoms with Gasteiger partial charge in [0.25, 0.3) is 5.69 Å². The molecule has 3 aliphatic heterocycles. The van der Waals surface area contributed by atoms with Crippen LogP contribution < -0.4 is 4.90 Å². The highest BCUT2D eigenvalue weighted by Crippen LogP contribution is 2.46. The second kappa shape index (κ2) is 4.23. The summed E-state index contributed by atoms with van der Waals surface area (Å²) in [6.45, 7) is 1.72. The van der Waals surface area contributed by atoms with Crippen molar-refractivity contribution in [1.82, 2.24) is 0 Å². The summed E-state index contributed by atoms with van der Waals surface area (Å²) < 4.78 is 5.57. The van der Waals surface area contributed by atoms with Crippen LogP contribution in [-0.2, 0) is 14.3 Å². The smallest absolute Gasteiger partial charge is 0.271 e. The van der Waals surface area contributed by atoms with Crippen molar-refractivity contribution in [2.45, 2.75) is 19.1 Å². The first-order valence-electron chi connectivity index (χ1n) is 6.95. The highest BCUT2D eigenvalue weighted by atomic mass is 16.6. The number of anilines is 1. The molecule has 4 rings (SSSR count). The Morgan fingerprint density at radius 1 is 1.14 bits per heavy atom. The van der Waals surface area contributed by atoms with Crippen LogP contribution in [0.4, 0.5) is 11.4 Å². The number of rotatable bonds is 2. The van der Waals surface area contributed by atoms with E-state index in [-0.39, 0.29) is 35.4 Å². The predicted molar refractivity (Wildman–Crippen MR) is 75.1 cm³/mol. The predicted octanol–water partition coefficient (Wildman–Crippen LogP) is 1.35. The number of fused-ring (bicyclic) bond motifs is 5. The van der Waals surface area contributed by atoms with Crippen LogP contribution in [0.2, 0.25) is 0 Å². The van der Waals surface area contributed by atoms with Gasteiger partial charge in [0, 0.05) is 12.1 Å². The number of nitro benzene ring substituents is 1. The lowest BCUT2D eigenvalue weighted by Gasteiger charge is -2.19. The van der Waals surface area contributed by atoms with E-state index < -0.39 is 16.8 Å². The van der Waals surface area contributed by atoms with E-state index in [1.54, 1.807) is 25.1 Å². The molecule has 0 spiro atoms. The molecule has 2 saturated heterocycles. The molecule has 1 aromatic rings. The lowest BCUT2D eigenvalue weighted by Crippen LogP contribution is -2.34. The van der Waals surface area contributed by atoms with Gasteiger partial charge in [-0.3, -0.25) is 19.7 Å². The quantitative estimate of drug-likeness (QED) is 0.356. The van der Waals surface area contributed by atoms with Crippen molar-refractivity contribution < 1.29 is 19.2 Å². The molecule has 7 nitrogen and oxygen atoms in total. The largest absolute Gasteiger partial charge is 0.365 e. The first-order valence-corrected chi connectivity index (χ1v) is 6.95. The number of hydrogen-bond acceptors (Lipinski definition) is 5. The maximum atomic E-state index is 12.6. The first kappa shape index (κ1) is 13.1. The Balaban J connectivity index is 1.79. The Morgan fingerprint density at radius 2 is 1.73 bits per heavy atom. The molecule has 3 aliphatic rings. The number of aryl methyl sites for hydroxylation is 1. The van der Waals surface area contributed by atoms with Crippen LogP contribution in [0, 0.1) is 28.9 Å². The second-order valence-corrected chi connectivity index (χ2v) is 5.74. The van der Waals surface area contributed by atoms with Crippen molar-refractivity contribution in [3.63, 3.8) is 0 Å². The lowest BCUT2D eigenvalue weighted by atomic mass is 9.85. The molecule has 0 N–H and O–H groups in total. The topological polar surface area (TPSA) is 89.8 Å². The molecule has 0 aliphatic carbocycles. The number of ether oxygens (including phenoxy) is 1. The van der Waals surface area contributed by atoms with Gasteiger partial charge in [-0.25, -0.2) is 4.90 Å². The average molecular weight is 300 g/mol. The fourth-order valence-electron chi connectivity index (χ4n) is 3.49. The highest BCUT2D eigenvalue weighted by molar-refractivity contribution is 6.23. The summed E-state index contributed by atoms with van der Waals surface area (Å²) in [7, 11) is 0. The van der Waals surface area contributed by atoms with E-state index in [1.807, 2.05) is 0 Å². The molecule has 0 saturated carbocycles. The normalized spacial score (nSPS) is 32.0. The van der Waals surface area contributed by atoms with E-state index >= 15 is 0 Å². The van der Waals surface area contributed by atoms with Gasteiger partial charge in [-0.1, -0.05) is 18.2 Å². The van der Waals surface area contributed by atoms with Gasteiger partial charge in [0.2, 0.25) is 11.8 Å². The van der Waals surface area contributed by atoms with Crippen molar-refractivity contribution in [3.05, 3.63) is 46.0 Å². The first-order chi connectivity index (χ1) is 10.5. The van der Waals surface area contributed by atoms with Crippen molar-refractivity contribution in [2.75, 3.05) is 4.90 Å². The van der Waals surface area contributed by atoms with Crippen LogP contribution in [-0.4, -0.2) is 28.9 Å². The maximum absolute atomic E-state index is 12.6. The van der Waals surface area contributed by atoms with Gasteiger partial charge in [-0.05, 0) is 12.5 Å². The van der Waals surface area contributed by atoms with Crippen LogP contribution >= 0.6 is 0 Å². The SMILES string of the molecule is Cc1ccc([N+](=O)[O-])cc1N1C(=O)[C@H]2[C@H](C1=O)[C@H]1C=C[C@H]2O1. The Bertz CT molecular complexity index is 726. The fraction of sp³-hybridized carbons (Fsp3) is 0.333. The van der Waals surface area contributed by atoms with Gasteiger partial charge in [0.05, 0.1) is 34.7 Å². The van der Waals surface area contributed by atoms with Gasteiger partial charge in [0.1, 0.15) is 0 Å². The maximum Gasteiger partial charge on any atom is 0.271 e. The van der Waals surface area contributed by atoms with Gasteiger partial charge < -0.3 is 4.74 Å². The van der Waals surface area contributed by atoms with Gasteiger partial charge in [-0.2, -0.15) is 0 Å². The number of benzene rings is 1. The van der Waals surface area contributed by atoms with Gasteiger partial charge >= 0.3 is 0 Å². The van der Waals surface area contributed by atoms with Crippen LogP contribution in [0.15, 0.2) is 30.4 Å². The Kier molecular flexibility index (Phi) is 2.53. The number of non-ortho nitro benzene ring substituents is 1. The van der Waals surface area contributed by atoms with E-state index in [4.69, 9.17) is 4.74 Å². The Morgan fingerprint density at radius 3 is 2.27 bits per heavy atom. The molecular weight excluding hydrogens is 288 g/mol. The zero-order valence-electron chi connectivity index (χ0n) is 11.6. The van der Waals surface area contributed by atoms with E-state index in [9.17, 15) is 19.7 Å². The molecule has 4 atom stereocenters. The lowest BCUT2D eigenvalue weighted by molar-refractivity contribution is -0.384. The molecule has 7 heteroatoms. The molecule has 0 aromatic heterocycles. The fourth-order valence-corrected chi connectivity index (χ4v) is 3.49. The van der Waals surface area contributed by atoms with Gasteiger partial charge in [0.15, 0.2) is 0 Å². The third-order valence-corrected chi connectivity index (χ3v) is 4.56. The van der Waals surface area contributed by atoms with E-state index in [2.05, 4.69) is 0 Å². The zero-order chi connectivity index (χ0) is 15.6. The number of nitrogens with zero attached hydrogens (tertiary/aromatic N) is 2. The van der Waals surface area contributed by atoms with Crippen molar-refractivity contribution in [3.8, 4) is 0 Å². The molecule has 0 unspecified atom stereocenters. The van der Waals surface area contributed by atoms with Crippen molar-refractivity contribution in [1.29, 1.82) is 0 Å². The average Bonchev–Trinajstić information content (AvgIpc) is 3.14. The standard InChI is InChI=1S/C15H12N2O5/c1-7-2-3-8(17(20)21)6-9(7)16-14(18)12-10-4-5-11(22-10)13(12)15(16)19/h2-6,10-13H,1H3/t10-,11-,12-,13-/m1/s1. The van der Waals surface area contributed by atoms with Crippen LogP contribution in [0.25, 0.3) is 0 Å². The summed E-state index contributed by atoms with van der Waals surface area (Å²) in [5, 5.41) is 10.9. The monoisotopic (exact) mass is 300 g/mol. The Hall–Kier alpha value is -2.54. The minimum absolute atomic E-state index is 0.143. The van der Waals surface area contributed by atoms with Crippen LogP contribution in [0.5, 0.6) is 0 Å². The molecular formula is C15H12N2O5. The highest BCUT2D eigenvalue weighted by Gasteiger charge is 2.61. The molecule has 112 valence electrons. The summed E-state index contributed by atoms with van der Waals surface area (Å²) in [4.78, 5) is 36.8. The number of carbonyl (C=O) groups excluding carboxylic acids is 2. The zero-order valence-corrected chi connectivity index (χ0v) is 11.6. The summed E-state index contributed by atoms with van der Waals surface area (Å²) in [6, 6.07) is 4.19. The molecule has 3 heterocycles. The minimum Gasteiger partial charge on any atom is -0.365 e. The molecule has 0 radical (unpaired) electrons. The number of hydrogen-bond donors (Lipinski definition) is 0. The van der Waals surface area contributed by atoms with E-state index in [0.29, 0.717) is 5.56 Å². The van der Waals surface area contributed by atoms with Crippen molar-refractivity contribution >= 4 is 23.2 Å². The molecule has 2 fully saturated rings. The third kappa shape index (κ3) is 1.54. The molecule has 1 aromatic carbocycles. The van der Waals surface area contributed by atoms with Crippen LogP contribution in [0.1, 0.15) is 5.56 Å². The third-order valence-electron chi connectivity index (χ3n) is 4.56. The summed E-state index contributed by atoms with van der Waals surface area (Å²) in [5.41, 5.74) is 0.794. The molecule has 2 bridgehead atoms. The number of imide groups is 1. The summed E-state index contributed by atoms with van der Waals surface area (Å²) in [5.74, 6) is -1.70. The molecule has 22 heavy (non-hydrogen) atoms. The number of carbonyl (C=O) groups is 2. The summed E-state index contributed by atoms with van der Waals surface area (Å²) >= 11 is 0. The Labute approximate surface area is 125 Å². The molecule has 2 amide bonds. The number of nitro groups is 1. The summed E-state index contributed by atoms with van der Waals surface area (Å²) in [6.07, 6.45) is 2.88. The van der Waals surface area contributed by atoms with Gasteiger partial charge in [-0.15, -0.1) is 0 Å². The van der Waals surface area contributed by atoms with E-state index in [1.165, 1.54) is 12.1 Å². The second-order valence-electron chi connectivity index (χ2n) is 5.74.